The van der Waals surface area contributed by atoms with Crippen molar-refractivity contribution in [2.75, 3.05) is 25.9 Å². The van der Waals surface area contributed by atoms with Crippen molar-refractivity contribution >= 4 is 22.9 Å². The average Bonchev–Trinajstić information content (AvgIpc) is 3.08. The first-order valence-electron chi connectivity index (χ1n) is 10.5. The second-order valence-electron chi connectivity index (χ2n) is 8.81. The van der Waals surface area contributed by atoms with E-state index in [1.54, 1.807) is 23.1 Å². The van der Waals surface area contributed by atoms with Gasteiger partial charge in [-0.05, 0) is 51.8 Å². The van der Waals surface area contributed by atoms with E-state index < -0.39 is 11.4 Å². The Labute approximate surface area is 185 Å². The normalized spacial score (nSPS) is 15.2. The highest BCUT2D eigenvalue weighted by Crippen LogP contribution is 2.34. The molecule has 10 heteroatoms. The highest BCUT2D eigenvalue weighted by atomic mass is 19.1. The maximum absolute atomic E-state index is 14.2. The van der Waals surface area contributed by atoms with Crippen LogP contribution in [0.3, 0.4) is 0 Å². The van der Waals surface area contributed by atoms with Crippen molar-refractivity contribution < 1.29 is 18.7 Å². The van der Waals surface area contributed by atoms with Crippen molar-refractivity contribution in [1.29, 1.82) is 0 Å². The molecule has 0 radical (unpaired) electrons. The number of likely N-dealkylation sites (tertiary alicyclic amines) is 1. The van der Waals surface area contributed by atoms with E-state index in [4.69, 9.17) is 15.2 Å². The fourth-order valence-electron chi connectivity index (χ4n) is 3.90. The van der Waals surface area contributed by atoms with Crippen molar-refractivity contribution in [3.63, 3.8) is 0 Å². The molecule has 1 aliphatic rings. The standard InChI is InChI=1S/C22H27FN6O3/c1-22(2,3)32-21(30)28-10-8-13(9-11-28)29-17-12-16(25-26-18(17)20(24)27-29)14-6-5-7-15(23)19(14)31-4/h5-7,12-13H,8-11H2,1-4H3,(H2,24,27). The van der Waals surface area contributed by atoms with Gasteiger partial charge < -0.3 is 20.1 Å². The first-order chi connectivity index (χ1) is 15.2. The van der Waals surface area contributed by atoms with Crippen LogP contribution < -0.4 is 10.5 Å². The second kappa shape index (κ2) is 8.25. The number of anilines is 1. The number of methoxy groups -OCH3 is 1. The van der Waals surface area contributed by atoms with E-state index >= 15 is 0 Å². The van der Waals surface area contributed by atoms with Crippen molar-refractivity contribution in [3.05, 3.63) is 30.1 Å². The summed E-state index contributed by atoms with van der Waals surface area (Å²) in [5.41, 5.74) is 7.70. The number of carbonyl (C=O) groups excluding carboxylic acids is 1. The quantitative estimate of drug-likeness (QED) is 0.657. The molecule has 0 saturated carbocycles. The Morgan fingerprint density at radius 2 is 1.94 bits per heavy atom. The van der Waals surface area contributed by atoms with Crippen LogP contribution in [0.15, 0.2) is 24.3 Å². The topological polar surface area (TPSA) is 108 Å². The van der Waals surface area contributed by atoms with E-state index in [1.165, 1.54) is 13.2 Å². The number of para-hydroxylation sites is 1. The molecule has 0 bridgehead atoms. The summed E-state index contributed by atoms with van der Waals surface area (Å²) < 4.78 is 26.7. The van der Waals surface area contributed by atoms with Gasteiger partial charge in [0.2, 0.25) is 0 Å². The summed E-state index contributed by atoms with van der Waals surface area (Å²) in [6.07, 6.45) is 1.07. The third-order valence-corrected chi connectivity index (χ3v) is 5.39. The maximum Gasteiger partial charge on any atom is 0.410 e. The van der Waals surface area contributed by atoms with Crippen LogP contribution in [0, 0.1) is 5.82 Å². The summed E-state index contributed by atoms with van der Waals surface area (Å²) in [7, 11) is 1.41. The van der Waals surface area contributed by atoms with Gasteiger partial charge in [0.25, 0.3) is 0 Å². The molecular formula is C22H27FN6O3. The number of piperidine rings is 1. The third kappa shape index (κ3) is 4.17. The number of carbonyl (C=O) groups is 1. The highest BCUT2D eigenvalue weighted by Gasteiger charge is 2.29. The molecule has 1 saturated heterocycles. The van der Waals surface area contributed by atoms with Crippen molar-refractivity contribution in [2.24, 2.45) is 0 Å². The van der Waals surface area contributed by atoms with E-state index in [0.29, 0.717) is 48.2 Å². The molecule has 1 aromatic carbocycles. The van der Waals surface area contributed by atoms with Gasteiger partial charge in [0.05, 0.1) is 24.4 Å². The molecule has 1 aliphatic heterocycles. The monoisotopic (exact) mass is 442 g/mol. The van der Waals surface area contributed by atoms with Gasteiger partial charge in [-0.1, -0.05) is 6.07 Å². The zero-order valence-corrected chi connectivity index (χ0v) is 18.6. The second-order valence-corrected chi connectivity index (χ2v) is 8.81. The van der Waals surface area contributed by atoms with Crippen LogP contribution in [0.4, 0.5) is 15.0 Å². The molecule has 0 aliphatic carbocycles. The fourth-order valence-corrected chi connectivity index (χ4v) is 3.90. The van der Waals surface area contributed by atoms with Gasteiger partial charge in [-0.2, -0.15) is 5.10 Å². The molecule has 3 aromatic rings. The first-order valence-corrected chi connectivity index (χ1v) is 10.5. The van der Waals surface area contributed by atoms with E-state index in [1.807, 2.05) is 25.5 Å². The van der Waals surface area contributed by atoms with Gasteiger partial charge >= 0.3 is 6.09 Å². The maximum atomic E-state index is 14.2. The Bertz CT molecular complexity index is 1150. The van der Waals surface area contributed by atoms with Crippen molar-refractivity contribution in [3.8, 4) is 17.0 Å². The van der Waals surface area contributed by atoms with Gasteiger partial charge in [-0.15, -0.1) is 10.2 Å². The SMILES string of the molecule is COc1c(F)cccc1-c1cc2c(nn1)c(N)nn2C1CCN(C(=O)OC(C)(C)C)CC1. The van der Waals surface area contributed by atoms with E-state index in [9.17, 15) is 9.18 Å². The van der Waals surface area contributed by atoms with Crippen LogP contribution in [0.25, 0.3) is 22.3 Å². The Hall–Kier alpha value is -3.43. The molecule has 9 nitrogen and oxygen atoms in total. The van der Waals surface area contributed by atoms with Gasteiger partial charge in [-0.3, -0.25) is 4.68 Å². The number of hydrogen-bond donors (Lipinski definition) is 1. The fraction of sp³-hybridized carbons (Fsp3) is 0.455. The Kier molecular flexibility index (Phi) is 5.62. The number of ether oxygens (including phenoxy) is 2. The molecule has 4 rings (SSSR count). The van der Waals surface area contributed by atoms with Crippen LogP contribution in [0.5, 0.6) is 5.75 Å². The number of aromatic nitrogens is 4. The minimum Gasteiger partial charge on any atom is -0.493 e. The highest BCUT2D eigenvalue weighted by molar-refractivity contribution is 5.87. The lowest BCUT2D eigenvalue weighted by atomic mass is 10.1. The van der Waals surface area contributed by atoms with Crippen LogP contribution >= 0.6 is 0 Å². The van der Waals surface area contributed by atoms with Crippen LogP contribution in [-0.4, -0.2) is 56.8 Å². The summed E-state index contributed by atoms with van der Waals surface area (Å²) >= 11 is 0. The molecule has 0 unspecified atom stereocenters. The summed E-state index contributed by atoms with van der Waals surface area (Å²) in [6.45, 7) is 6.64. The Morgan fingerprint density at radius 3 is 2.59 bits per heavy atom. The number of halogens is 1. The molecule has 3 heterocycles. The van der Waals surface area contributed by atoms with Gasteiger partial charge in [0.1, 0.15) is 5.60 Å². The average molecular weight is 442 g/mol. The predicted molar refractivity (Wildman–Crippen MR) is 118 cm³/mol. The molecule has 1 amide bonds. The summed E-state index contributed by atoms with van der Waals surface area (Å²) in [5.74, 6) is -0.0971. The van der Waals surface area contributed by atoms with Crippen molar-refractivity contribution in [1.82, 2.24) is 24.9 Å². The summed E-state index contributed by atoms with van der Waals surface area (Å²) in [6, 6.07) is 6.47. The lowest BCUT2D eigenvalue weighted by Gasteiger charge is -2.33. The molecule has 2 aromatic heterocycles. The zero-order valence-electron chi connectivity index (χ0n) is 18.6. The molecule has 0 atom stereocenters. The van der Waals surface area contributed by atoms with Gasteiger partial charge in [-0.25, -0.2) is 9.18 Å². The van der Waals surface area contributed by atoms with Crippen molar-refractivity contribution in [2.45, 2.75) is 45.3 Å². The predicted octanol–water partition coefficient (Wildman–Crippen LogP) is 3.80. The minimum atomic E-state index is -0.534. The smallest absolute Gasteiger partial charge is 0.410 e. The summed E-state index contributed by atoms with van der Waals surface area (Å²) in [5, 5.41) is 12.9. The number of nitrogen functional groups attached to an aromatic ring is 1. The number of rotatable bonds is 3. The third-order valence-electron chi connectivity index (χ3n) is 5.39. The molecule has 2 N–H and O–H groups in total. The number of nitrogens with two attached hydrogens (primary N) is 1. The molecule has 32 heavy (non-hydrogen) atoms. The number of fused-ring (bicyclic) bond motifs is 1. The van der Waals surface area contributed by atoms with E-state index in [2.05, 4.69) is 15.3 Å². The minimum absolute atomic E-state index is 0.0277. The number of nitrogens with zero attached hydrogens (tertiary/aromatic N) is 5. The van der Waals surface area contributed by atoms with Crippen LogP contribution in [0.2, 0.25) is 0 Å². The lowest BCUT2D eigenvalue weighted by Crippen LogP contribution is -2.42. The first kappa shape index (κ1) is 21.8. The molecular weight excluding hydrogens is 415 g/mol. The van der Waals surface area contributed by atoms with Gasteiger partial charge in [0, 0.05) is 18.7 Å². The summed E-state index contributed by atoms with van der Waals surface area (Å²) in [4.78, 5) is 14.1. The van der Waals surface area contributed by atoms with Crippen LogP contribution in [0.1, 0.15) is 39.7 Å². The Morgan fingerprint density at radius 1 is 1.22 bits per heavy atom. The largest absolute Gasteiger partial charge is 0.493 e. The van der Waals surface area contributed by atoms with Gasteiger partial charge in [0.15, 0.2) is 22.9 Å². The lowest BCUT2D eigenvalue weighted by molar-refractivity contribution is 0.0186. The number of hydrogen-bond acceptors (Lipinski definition) is 7. The van der Waals surface area contributed by atoms with Crippen LogP contribution in [-0.2, 0) is 4.74 Å². The number of amides is 1. The molecule has 0 spiro atoms. The van der Waals surface area contributed by atoms with E-state index in [0.717, 1.165) is 0 Å². The number of benzene rings is 1. The Balaban J connectivity index is 1.62. The molecule has 1 fully saturated rings. The zero-order chi connectivity index (χ0) is 23.0. The van der Waals surface area contributed by atoms with E-state index in [-0.39, 0.29) is 23.7 Å². The molecule has 170 valence electrons.